The second-order valence-electron chi connectivity index (χ2n) is 9.07. The lowest BCUT2D eigenvalue weighted by Crippen LogP contribution is -2.45. The van der Waals surface area contributed by atoms with Gasteiger partial charge in [-0.15, -0.1) is 0 Å². The van der Waals surface area contributed by atoms with Crippen molar-refractivity contribution in [1.82, 2.24) is 24.6 Å². The van der Waals surface area contributed by atoms with E-state index in [0.29, 0.717) is 40.8 Å². The van der Waals surface area contributed by atoms with Gasteiger partial charge in [0, 0.05) is 36.3 Å². The van der Waals surface area contributed by atoms with E-state index in [1.54, 1.807) is 29.3 Å². The van der Waals surface area contributed by atoms with Gasteiger partial charge in [0.2, 0.25) is 0 Å². The molecule has 0 bridgehead atoms. The quantitative estimate of drug-likeness (QED) is 0.513. The Balaban J connectivity index is 1.49. The number of nitrogens with zero attached hydrogens (tertiary/aromatic N) is 5. The van der Waals surface area contributed by atoms with E-state index in [9.17, 15) is 9.59 Å². The van der Waals surface area contributed by atoms with Crippen LogP contribution >= 0.6 is 23.2 Å². The molecule has 2 amide bonds. The topological polar surface area (TPSA) is 71.3 Å². The normalized spacial score (nSPS) is 20.7. The Hall–Kier alpha value is -2.90. The summed E-state index contributed by atoms with van der Waals surface area (Å²) < 4.78 is 1.84. The first kappa shape index (κ1) is 22.9. The monoisotopic (exact) mass is 497 g/mol. The van der Waals surface area contributed by atoms with Gasteiger partial charge in [0.1, 0.15) is 5.69 Å². The largest absolute Gasteiger partial charge is 0.331 e. The molecule has 1 aromatic carbocycles. The number of carbonyl (C=O) groups excluding carboxylic acids is 2. The molecule has 2 aromatic heterocycles. The third-order valence-corrected chi connectivity index (χ3v) is 7.53. The van der Waals surface area contributed by atoms with Gasteiger partial charge in [-0.3, -0.25) is 19.3 Å². The molecule has 0 unspecified atom stereocenters. The highest BCUT2D eigenvalue weighted by atomic mass is 35.5. The SMILES string of the molecule is C[C@@H]1Cc2nn3c(c2CN1C(=O)c1ccc(Cl)c(Cl)c1)C(=O)N([C@@H](C)c1ccccn1)C[C@H]3C. The van der Waals surface area contributed by atoms with Crippen LogP contribution in [0.15, 0.2) is 42.6 Å². The van der Waals surface area contributed by atoms with E-state index in [2.05, 4.69) is 11.9 Å². The van der Waals surface area contributed by atoms with Crippen LogP contribution < -0.4 is 0 Å². The van der Waals surface area contributed by atoms with Gasteiger partial charge in [-0.1, -0.05) is 29.3 Å². The molecule has 0 N–H and O–H groups in total. The van der Waals surface area contributed by atoms with Crippen LogP contribution in [0.2, 0.25) is 10.0 Å². The average Bonchev–Trinajstić information content (AvgIpc) is 3.21. The Morgan fingerprint density at radius 1 is 1.12 bits per heavy atom. The van der Waals surface area contributed by atoms with Gasteiger partial charge in [0.25, 0.3) is 11.8 Å². The third-order valence-electron chi connectivity index (χ3n) is 6.79. The predicted molar refractivity (Wildman–Crippen MR) is 130 cm³/mol. The van der Waals surface area contributed by atoms with Crippen molar-refractivity contribution in [3.05, 3.63) is 80.8 Å². The summed E-state index contributed by atoms with van der Waals surface area (Å²) in [5.74, 6) is -0.229. The Bertz CT molecular complexity index is 1280. The van der Waals surface area contributed by atoms with Crippen LogP contribution in [0.25, 0.3) is 0 Å². The minimum absolute atomic E-state index is 0.0130. The van der Waals surface area contributed by atoms with Crippen LogP contribution in [0.4, 0.5) is 0 Å². The Morgan fingerprint density at radius 3 is 2.62 bits per heavy atom. The minimum atomic E-state index is -0.174. The number of halogens is 2. The lowest BCUT2D eigenvalue weighted by Gasteiger charge is -2.37. The van der Waals surface area contributed by atoms with Gasteiger partial charge in [-0.25, -0.2) is 0 Å². The molecule has 7 nitrogen and oxygen atoms in total. The van der Waals surface area contributed by atoms with Crippen molar-refractivity contribution in [1.29, 1.82) is 0 Å². The second-order valence-corrected chi connectivity index (χ2v) is 9.89. The summed E-state index contributed by atoms with van der Waals surface area (Å²) in [5, 5.41) is 5.55. The molecule has 0 aliphatic carbocycles. The molecule has 3 aromatic rings. The maximum atomic E-state index is 13.7. The zero-order chi connectivity index (χ0) is 24.1. The van der Waals surface area contributed by atoms with E-state index in [0.717, 1.165) is 17.0 Å². The predicted octanol–water partition coefficient (Wildman–Crippen LogP) is 4.95. The van der Waals surface area contributed by atoms with Crippen LogP contribution in [-0.4, -0.2) is 49.0 Å². The molecule has 5 rings (SSSR count). The molecule has 4 heterocycles. The first-order valence-electron chi connectivity index (χ1n) is 11.3. The molecular formula is C25H25Cl2N5O2. The van der Waals surface area contributed by atoms with Gasteiger partial charge in [0.05, 0.1) is 40.1 Å². The molecule has 2 aliphatic heterocycles. The molecule has 0 saturated heterocycles. The van der Waals surface area contributed by atoms with Crippen LogP contribution in [0.1, 0.15) is 70.7 Å². The van der Waals surface area contributed by atoms with Crippen molar-refractivity contribution in [2.45, 2.75) is 51.9 Å². The first-order chi connectivity index (χ1) is 16.3. The fourth-order valence-electron chi connectivity index (χ4n) is 4.87. The lowest BCUT2D eigenvalue weighted by atomic mass is 9.97. The van der Waals surface area contributed by atoms with E-state index in [4.69, 9.17) is 28.3 Å². The van der Waals surface area contributed by atoms with Crippen molar-refractivity contribution in [2.24, 2.45) is 0 Å². The first-order valence-corrected chi connectivity index (χ1v) is 12.1. The standard InChI is InChI=1S/C25H25Cl2N5O2/c1-14-10-22-18(13-30(14)24(33)17-7-8-19(26)20(27)11-17)23-25(34)31(12-15(2)32(23)29-22)16(3)21-6-4-5-9-28-21/h4-9,11,14-16H,10,12-13H2,1-3H3/t14-,15-,16+/m1/s1. The molecule has 176 valence electrons. The number of hydrogen-bond acceptors (Lipinski definition) is 4. The molecule has 34 heavy (non-hydrogen) atoms. The van der Waals surface area contributed by atoms with Crippen LogP contribution in [0.5, 0.6) is 0 Å². The number of benzene rings is 1. The average molecular weight is 498 g/mol. The number of rotatable bonds is 3. The third kappa shape index (κ3) is 3.77. The summed E-state index contributed by atoms with van der Waals surface area (Å²) >= 11 is 12.2. The smallest absolute Gasteiger partial charge is 0.273 e. The summed E-state index contributed by atoms with van der Waals surface area (Å²) in [6.07, 6.45) is 2.32. The fraction of sp³-hybridized carbons (Fsp3) is 0.360. The highest BCUT2D eigenvalue weighted by molar-refractivity contribution is 6.42. The molecule has 0 spiro atoms. The Labute approximate surface area is 208 Å². The van der Waals surface area contributed by atoms with E-state index >= 15 is 0 Å². The van der Waals surface area contributed by atoms with Crippen LogP contribution in [0, 0.1) is 0 Å². The van der Waals surface area contributed by atoms with Crippen LogP contribution in [-0.2, 0) is 13.0 Å². The minimum Gasteiger partial charge on any atom is -0.331 e. The maximum Gasteiger partial charge on any atom is 0.273 e. The van der Waals surface area contributed by atoms with E-state index in [1.165, 1.54) is 0 Å². The molecule has 0 saturated carbocycles. The highest BCUT2D eigenvalue weighted by Crippen LogP contribution is 2.35. The Morgan fingerprint density at radius 2 is 1.91 bits per heavy atom. The van der Waals surface area contributed by atoms with Crippen molar-refractivity contribution >= 4 is 35.0 Å². The number of aromatic nitrogens is 3. The molecule has 3 atom stereocenters. The van der Waals surface area contributed by atoms with E-state index in [-0.39, 0.29) is 29.9 Å². The maximum absolute atomic E-state index is 13.7. The lowest BCUT2D eigenvalue weighted by molar-refractivity contribution is 0.0570. The zero-order valence-electron chi connectivity index (χ0n) is 19.2. The van der Waals surface area contributed by atoms with Crippen molar-refractivity contribution in [3.8, 4) is 0 Å². The number of fused-ring (bicyclic) bond motifs is 3. The number of pyridine rings is 1. The summed E-state index contributed by atoms with van der Waals surface area (Å²) in [6, 6.07) is 10.4. The molecule has 9 heteroatoms. The highest BCUT2D eigenvalue weighted by Gasteiger charge is 2.40. The summed E-state index contributed by atoms with van der Waals surface area (Å²) in [4.78, 5) is 35.2. The second kappa shape index (κ2) is 8.71. The fourth-order valence-corrected chi connectivity index (χ4v) is 5.17. The number of hydrogen-bond donors (Lipinski definition) is 0. The van der Waals surface area contributed by atoms with Gasteiger partial charge in [-0.2, -0.15) is 5.10 Å². The number of carbonyl (C=O) groups is 2. The van der Waals surface area contributed by atoms with E-state index < -0.39 is 0 Å². The van der Waals surface area contributed by atoms with Gasteiger partial charge in [0.15, 0.2) is 0 Å². The van der Waals surface area contributed by atoms with Crippen molar-refractivity contribution in [3.63, 3.8) is 0 Å². The van der Waals surface area contributed by atoms with Crippen LogP contribution in [0.3, 0.4) is 0 Å². The van der Waals surface area contributed by atoms with Gasteiger partial charge >= 0.3 is 0 Å². The van der Waals surface area contributed by atoms with Gasteiger partial charge < -0.3 is 9.80 Å². The molecule has 2 aliphatic rings. The van der Waals surface area contributed by atoms with Gasteiger partial charge in [-0.05, 0) is 51.1 Å². The zero-order valence-corrected chi connectivity index (χ0v) is 20.7. The summed E-state index contributed by atoms with van der Waals surface area (Å²) in [7, 11) is 0. The summed E-state index contributed by atoms with van der Waals surface area (Å²) in [5.41, 5.74) is 3.58. The molecule has 0 fully saturated rings. The van der Waals surface area contributed by atoms with Crippen molar-refractivity contribution in [2.75, 3.05) is 6.54 Å². The molecular weight excluding hydrogens is 473 g/mol. The Kier molecular flexibility index (Phi) is 5.86. The van der Waals surface area contributed by atoms with Crippen molar-refractivity contribution < 1.29 is 9.59 Å². The number of amides is 2. The molecule has 0 radical (unpaired) electrons. The van der Waals surface area contributed by atoms with E-state index in [1.807, 2.05) is 41.6 Å². The summed E-state index contributed by atoms with van der Waals surface area (Å²) in [6.45, 7) is 6.92.